The van der Waals surface area contributed by atoms with Crippen molar-refractivity contribution in [2.24, 2.45) is 17.6 Å². The quantitative estimate of drug-likeness (QED) is 0.643. The predicted octanol–water partition coefficient (Wildman–Crippen LogP) is 3.33. The summed E-state index contributed by atoms with van der Waals surface area (Å²) in [6.45, 7) is 4.55. The van der Waals surface area contributed by atoms with Crippen LogP contribution >= 0.6 is 0 Å². The van der Waals surface area contributed by atoms with Gasteiger partial charge in [0.25, 0.3) is 0 Å². The molecule has 1 saturated carbocycles. The fourth-order valence-corrected chi connectivity index (χ4v) is 2.12. The fourth-order valence-electron chi connectivity index (χ4n) is 2.12. The summed E-state index contributed by atoms with van der Waals surface area (Å²) in [6, 6.07) is 0.490. The molecule has 2 atom stereocenters. The molecule has 0 saturated heterocycles. The highest BCUT2D eigenvalue weighted by molar-refractivity contribution is 4.81. The highest BCUT2D eigenvalue weighted by Gasteiger charge is 2.26. The molecule has 0 amide bonds. The minimum absolute atomic E-state index is 0.490. The highest BCUT2D eigenvalue weighted by Crippen LogP contribution is 2.35. The molecule has 0 aliphatic heterocycles. The highest BCUT2D eigenvalue weighted by atomic mass is 14.7. The molecule has 78 valence electrons. The summed E-state index contributed by atoms with van der Waals surface area (Å²) in [4.78, 5) is 0. The van der Waals surface area contributed by atoms with Gasteiger partial charge in [0.2, 0.25) is 0 Å². The Kier molecular flexibility index (Phi) is 4.79. The largest absolute Gasteiger partial charge is 0.327 e. The van der Waals surface area contributed by atoms with E-state index in [-0.39, 0.29) is 0 Å². The lowest BCUT2D eigenvalue weighted by molar-refractivity contribution is 0.345. The van der Waals surface area contributed by atoms with Crippen LogP contribution in [0.4, 0.5) is 0 Å². The molecule has 0 radical (unpaired) electrons. The van der Waals surface area contributed by atoms with E-state index in [1.807, 2.05) is 0 Å². The minimum atomic E-state index is 0.490. The van der Waals surface area contributed by atoms with E-state index in [4.69, 9.17) is 5.73 Å². The summed E-state index contributed by atoms with van der Waals surface area (Å²) >= 11 is 0. The van der Waals surface area contributed by atoms with Crippen LogP contribution in [0.3, 0.4) is 0 Å². The third-order valence-electron chi connectivity index (χ3n) is 3.36. The predicted molar refractivity (Wildman–Crippen MR) is 58.6 cm³/mol. The summed E-state index contributed by atoms with van der Waals surface area (Å²) in [5, 5.41) is 0. The summed E-state index contributed by atoms with van der Waals surface area (Å²) in [6.07, 6.45) is 9.47. The molecule has 0 bridgehead atoms. The van der Waals surface area contributed by atoms with Crippen LogP contribution in [0.1, 0.15) is 58.8 Å². The van der Waals surface area contributed by atoms with Crippen LogP contribution in [0.15, 0.2) is 0 Å². The molecule has 13 heavy (non-hydrogen) atoms. The van der Waals surface area contributed by atoms with Crippen molar-refractivity contribution in [3.05, 3.63) is 0 Å². The van der Waals surface area contributed by atoms with Crippen molar-refractivity contribution in [3.63, 3.8) is 0 Å². The molecular weight excluding hydrogens is 158 g/mol. The molecule has 1 aliphatic rings. The maximum absolute atomic E-state index is 6.21. The molecule has 0 aromatic carbocycles. The Hall–Kier alpha value is -0.0400. The monoisotopic (exact) mass is 183 g/mol. The smallest absolute Gasteiger partial charge is 0.00696 e. The first kappa shape index (κ1) is 11.0. The van der Waals surface area contributed by atoms with Crippen LogP contribution in [0, 0.1) is 11.8 Å². The van der Waals surface area contributed by atoms with Crippen molar-refractivity contribution < 1.29 is 0 Å². The Morgan fingerprint density at radius 3 is 2.46 bits per heavy atom. The van der Waals surface area contributed by atoms with E-state index >= 15 is 0 Å². The molecule has 1 heteroatoms. The number of rotatable bonds is 7. The van der Waals surface area contributed by atoms with Crippen LogP contribution in [-0.2, 0) is 0 Å². The van der Waals surface area contributed by atoms with Crippen molar-refractivity contribution >= 4 is 0 Å². The molecule has 2 N–H and O–H groups in total. The molecule has 0 spiro atoms. The third-order valence-corrected chi connectivity index (χ3v) is 3.36. The SMILES string of the molecule is CCCCC(CC)C(N)CC1CC1. The van der Waals surface area contributed by atoms with Crippen LogP contribution in [0.25, 0.3) is 0 Å². The normalized spacial score (nSPS) is 21.5. The average Bonchev–Trinajstić information content (AvgIpc) is 2.90. The van der Waals surface area contributed by atoms with E-state index < -0.39 is 0 Å². The van der Waals surface area contributed by atoms with E-state index in [1.54, 1.807) is 0 Å². The first-order valence-electron chi connectivity index (χ1n) is 6.03. The lowest BCUT2D eigenvalue weighted by Crippen LogP contribution is -2.30. The van der Waals surface area contributed by atoms with E-state index in [0.717, 1.165) is 11.8 Å². The van der Waals surface area contributed by atoms with E-state index in [1.165, 1.54) is 44.9 Å². The second-order valence-electron chi connectivity index (χ2n) is 4.65. The van der Waals surface area contributed by atoms with Gasteiger partial charge in [-0.05, 0) is 24.7 Å². The molecule has 0 heterocycles. The maximum Gasteiger partial charge on any atom is 0.00696 e. The van der Waals surface area contributed by atoms with Crippen molar-refractivity contribution in [2.75, 3.05) is 0 Å². The van der Waals surface area contributed by atoms with Gasteiger partial charge in [0.15, 0.2) is 0 Å². The second kappa shape index (κ2) is 5.64. The zero-order valence-corrected chi connectivity index (χ0v) is 9.26. The zero-order chi connectivity index (χ0) is 9.68. The number of hydrogen-bond acceptors (Lipinski definition) is 1. The molecule has 2 unspecified atom stereocenters. The van der Waals surface area contributed by atoms with Gasteiger partial charge in [-0.1, -0.05) is 46.0 Å². The number of unbranched alkanes of at least 4 members (excludes halogenated alkanes) is 1. The van der Waals surface area contributed by atoms with E-state index in [0.29, 0.717) is 6.04 Å². The Morgan fingerprint density at radius 1 is 1.31 bits per heavy atom. The molecule has 1 nitrogen and oxygen atoms in total. The van der Waals surface area contributed by atoms with Gasteiger partial charge in [0, 0.05) is 6.04 Å². The Morgan fingerprint density at radius 2 is 2.00 bits per heavy atom. The Balaban J connectivity index is 2.17. The topological polar surface area (TPSA) is 26.0 Å². The van der Waals surface area contributed by atoms with Crippen LogP contribution < -0.4 is 5.73 Å². The average molecular weight is 183 g/mol. The Bertz CT molecular complexity index is 129. The first-order chi connectivity index (χ1) is 6.27. The molecule has 1 rings (SSSR count). The van der Waals surface area contributed by atoms with E-state index in [9.17, 15) is 0 Å². The standard InChI is InChI=1S/C12H25N/c1-3-5-6-11(4-2)12(13)9-10-7-8-10/h10-12H,3-9,13H2,1-2H3. The van der Waals surface area contributed by atoms with Gasteiger partial charge in [-0.25, -0.2) is 0 Å². The summed E-state index contributed by atoms with van der Waals surface area (Å²) < 4.78 is 0. The van der Waals surface area contributed by atoms with Crippen molar-refractivity contribution in [2.45, 2.75) is 64.8 Å². The van der Waals surface area contributed by atoms with Crippen molar-refractivity contribution in [3.8, 4) is 0 Å². The molecule has 1 aliphatic carbocycles. The van der Waals surface area contributed by atoms with Gasteiger partial charge in [0.05, 0.1) is 0 Å². The van der Waals surface area contributed by atoms with Crippen LogP contribution in [0.2, 0.25) is 0 Å². The summed E-state index contributed by atoms with van der Waals surface area (Å²) in [5.74, 6) is 1.78. The van der Waals surface area contributed by atoms with E-state index in [2.05, 4.69) is 13.8 Å². The fraction of sp³-hybridized carbons (Fsp3) is 1.00. The van der Waals surface area contributed by atoms with Gasteiger partial charge in [-0.2, -0.15) is 0 Å². The van der Waals surface area contributed by atoms with Crippen LogP contribution in [-0.4, -0.2) is 6.04 Å². The molecule has 0 aromatic heterocycles. The second-order valence-corrected chi connectivity index (χ2v) is 4.65. The molecule has 0 aromatic rings. The first-order valence-corrected chi connectivity index (χ1v) is 6.03. The number of hydrogen-bond donors (Lipinski definition) is 1. The zero-order valence-electron chi connectivity index (χ0n) is 9.26. The maximum atomic E-state index is 6.21. The van der Waals surface area contributed by atoms with Crippen LogP contribution in [0.5, 0.6) is 0 Å². The van der Waals surface area contributed by atoms with Crippen molar-refractivity contribution in [1.82, 2.24) is 0 Å². The Labute approximate surface area is 83.1 Å². The van der Waals surface area contributed by atoms with Gasteiger partial charge in [0.1, 0.15) is 0 Å². The van der Waals surface area contributed by atoms with Crippen molar-refractivity contribution in [1.29, 1.82) is 0 Å². The minimum Gasteiger partial charge on any atom is -0.327 e. The molecular formula is C12H25N. The summed E-state index contributed by atoms with van der Waals surface area (Å²) in [7, 11) is 0. The van der Waals surface area contributed by atoms with Gasteiger partial charge in [-0.3, -0.25) is 0 Å². The third kappa shape index (κ3) is 4.12. The number of nitrogens with two attached hydrogens (primary N) is 1. The molecule has 1 fully saturated rings. The van der Waals surface area contributed by atoms with Gasteiger partial charge >= 0.3 is 0 Å². The lowest BCUT2D eigenvalue weighted by atomic mass is 9.89. The lowest BCUT2D eigenvalue weighted by Gasteiger charge is -2.22. The van der Waals surface area contributed by atoms with Gasteiger partial charge in [-0.15, -0.1) is 0 Å². The van der Waals surface area contributed by atoms with Gasteiger partial charge < -0.3 is 5.73 Å². The summed E-state index contributed by atoms with van der Waals surface area (Å²) in [5.41, 5.74) is 6.21.